The average molecular weight is 1800 g/mol. The van der Waals surface area contributed by atoms with Gasteiger partial charge < -0.3 is 127 Å². The summed E-state index contributed by atoms with van der Waals surface area (Å²) < 4.78 is 0. The first kappa shape index (κ1) is 105. The molecule has 0 spiro atoms. The number of nitrogens with zero attached hydrogens (tertiary/aromatic N) is 1. The number of aliphatic hydroxyl groups is 1. The van der Waals surface area contributed by atoms with E-state index in [4.69, 9.17) is 22.6 Å². The zero-order valence-electron chi connectivity index (χ0n) is 74.6. The van der Waals surface area contributed by atoms with Crippen LogP contribution in [0.15, 0.2) is 85.2 Å². The van der Waals surface area contributed by atoms with Crippen LogP contribution in [0.4, 0.5) is 0 Å². The van der Waals surface area contributed by atoms with Gasteiger partial charge in [0.05, 0.1) is 18.6 Å². The molecule has 0 bridgehead atoms. The smallest absolute Gasteiger partial charge is 0.326 e. The summed E-state index contributed by atoms with van der Waals surface area (Å²) in [4.78, 5) is 233. The Labute approximate surface area is 748 Å². The number of aromatic hydroxyl groups is 1. The van der Waals surface area contributed by atoms with Crippen molar-refractivity contribution in [3.05, 3.63) is 102 Å². The van der Waals surface area contributed by atoms with Gasteiger partial charge in [-0.15, -0.1) is 0 Å². The molecule has 0 aliphatic carbocycles. The zero-order chi connectivity index (χ0) is 95.6. The standard InChI is InChI=1S/C88H130N20O21/c1-11-48(8)72(106-74(115)49(9)90)84(125)104-67(41-53-44-95-58-23-15-13-21-56(53)58)81(122)101-65(39-51-27-29-54(110)30-28-51)79(120)105-68(42-71(113)114)86(127)108-35-19-26-69(108)83(124)103-64(38-47(6)7)82(123)107-73(50(10)109)85(126)97-59(24-16-17-33-89)76(117)99-63(37-46(4)5)78(119)102-66(40-52-43-94-57-22-14-12-20-55(52)57)80(121)100-62(36-45(2)3)77(118)96-60(25-18-34-93-88(91)92)75(116)98-61(87(128)129)31-32-70(111)112/h12-15,20-23,27-30,43-50,59-69,72-73,94-95,109-110H,11,16-19,24-26,31-42,89-90H2,1-10H3,(H,96,118)(H,97,126)(H,98,116)(H,99,117)(H,100,121)(H,101,122)(H,102,119)(H,103,124)(H,104,125)(H,105,120)(H,106,115)(H,107,123)(H,111,112)(H,113,114)(H,128,129)(H4,91,92,93)/t48-,49-,50+,59-,60-,61-,62-,63-,64-,65-,66-,67-,68-,69-,72-,73-/m0/s1. The molecule has 1 aliphatic heterocycles. The molecule has 3 heterocycles. The Morgan fingerprint density at radius 3 is 1.36 bits per heavy atom. The van der Waals surface area contributed by atoms with Gasteiger partial charge in [0.1, 0.15) is 84.3 Å². The maximum atomic E-state index is 15.0. The molecule has 13 amide bonds. The summed E-state index contributed by atoms with van der Waals surface area (Å²) in [5.41, 5.74) is 20.1. The van der Waals surface area contributed by atoms with Crippen molar-refractivity contribution < 1.29 is 102 Å². The number of nitrogens with two attached hydrogens (primary N) is 3. The van der Waals surface area contributed by atoms with E-state index < -0.39 is 217 Å². The summed E-state index contributed by atoms with van der Waals surface area (Å²) in [5.74, 6) is -18.6. The number of fused-ring (bicyclic) bond motifs is 2. The molecule has 2 aromatic heterocycles. The van der Waals surface area contributed by atoms with E-state index in [1.54, 1.807) is 116 Å². The maximum absolute atomic E-state index is 15.0. The predicted octanol–water partition coefficient (Wildman–Crippen LogP) is -0.0799. The number of rotatable bonds is 54. The molecule has 27 N–H and O–H groups in total. The number of carboxylic acids is 3. The van der Waals surface area contributed by atoms with Gasteiger partial charge in [0.15, 0.2) is 5.96 Å². The molecular weight excluding hydrogens is 1670 g/mol. The number of H-pyrrole nitrogens is 2. The molecule has 5 aromatic rings. The second kappa shape index (κ2) is 51.3. The Balaban J connectivity index is 1.23. The van der Waals surface area contributed by atoms with E-state index in [0.29, 0.717) is 51.3 Å². The molecule has 708 valence electrons. The normalized spacial score (nSPS) is 16.1. The SMILES string of the molecule is CC[C@H](C)[C@H](NC(=O)[C@H](C)N)C(=O)N[C@@H](Cc1c[nH]c2ccccc12)C(=O)N[C@@H](Cc1ccc(O)cc1)C(=O)N[C@@H](CC(=O)O)C(=O)N1CCC[C@H]1C(=O)N[C@@H](CC(C)C)C(=O)N[C@H](C(=O)N[C@@H](CCCCN)C(=O)N[C@@H](CC(C)C)C(=O)N[C@@H](Cc1c[nH]c2ccccc12)C(=O)N[C@@H](CC(C)C)C(=O)N[C@@H](CCCNC(=N)N)C(=O)N[C@@H](CCC(=O)O)C(=O)O)[C@@H](C)O. The molecule has 0 saturated carbocycles. The minimum Gasteiger partial charge on any atom is -0.508 e. The van der Waals surface area contributed by atoms with Crippen molar-refractivity contribution >= 4 is 122 Å². The number of aliphatic carboxylic acids is 3. The monoisotopic (exact) mass is 1800 g/mol. The van der Waals surface area contributed by atoms with Gasteiger partial charge in [0, 0.05) is 73.0 Å². The molecule has 6 rings (SSSR count). The largest absolute Gasteiger partial charge is 0.508 e. The first-order valence-electron chi connectivity index (χ1n) is 43.7. The number of phenolic OH excluding ortho intramolecular Hbond substituents is 1. The number of benzene rings is 3. The maximum Gasteiger partial charge on any atom is 0.326 e. The Morgan fingerprint density at radius 2 is 0.899 bits per heavy atom. The van der Waals surface area contributed by atoms with Crippen LogP contribution in [0.5, 0.6) is 5.75 Å². The number of likely N-dealkylation sites (tertiary alicyclic amines) is 1. The van der Waals surface area contributed by atoms with E-state index >= 15 is 9.59 Å². The van der Waals surface area contributed by atoms with E-state index in [1.165, 1.54) is 38.1 Å². The third-order valence-electron chi connectivity index (χ3n) is 22.1. The first-order chi connectivity index (χ1) is 61.0. The van der Waals surface area contributed by atoms with Crippen LogP contribution in [-0.2, 0) is 96.0 Å². The first-order valence-corrected chi connectivity index (χ1v) is 43.7. The molecule has 0 radical (unpaired) electrons. The molecule has 16 atom stereocenters. The molecule has 3 aromatic carbocycles. The molecule has 41 heteroatoms. The number of hydrogen-bond acceptors (Lipinski definition) is 21. The number of guanidine groups is 1. The van der Waals surface area contributed by atoms with Gasteiger partial charge in [-0.25, -0.2) is 4.79 Å². The van der Waals surface area contributed by atoms with E-state index in [9.17, 15) is 92.7 Å². The number of aliphatic hydroxyl groups excluding tert-OH is 1. The fourth-order valence-corrected chi connectivity index (χ4v) is 15.0. The number of nitrogens with one attached hydrogen (secondary N) is 16. The minimum absolute atomic E-state index is 0.0379. The van der Waals surface area contributed by atoms with E-state index in [-0.39, 0.29) is 120 Å². The van der Waals surface area contributed by atoms with Gasteiger partial charge in [-0.2, -0.15) is 0 Å². The number of phenols is 1. The number of unbranched alkanes of at least 4 members (excludes halogenated alkanes) is 1. The lowest BCUT2D eigenvalue weighted by molar-refractivity contribution is -0.146. The number of carbonyl (C=O) groups excluding carboxylic acids is 13. The average Bonchev–Trinajstić information content (AvgIpc) is 1.72. The summed E-state index contributed by atoms with van der Waals surface area (Å²) in [6, 6.07) is -1.33. The molecule has 1 fully saturated rings. The van der Waals surface area contributed by atoms with Crippen LogP contribution >= 0.6 is 0 Å². The van der Waals surface area contributed by atoms with Crippen molar-refractivity contribution in [1.29, 1.82) is 5.41 Å². The Bertz CT molecular complexity index is 4700. The van der Waals surface area contributed by atoms with Crippen LogP contribution in [0.25, 0.3) is 21.8 Å². The number of amides is 13. The molecule has 41 nitrogen and oxygen atoms in total. The van der Waals surface area contributed by atoms with Gasteiger partial charge >= 0.3 is 17.9 Å². The van der Waals surface area contributed by atoms with Crippen molar-refractivity contribution in [2.24, 2.45) is 40.9 Å². The summed E-state index contributed by atoms with van der Waals surface area (Å²) in [6.07, 6.45) is -0.731. The summed E-state index contributed by atoms with van der Waals surface area (Å²) in [6.45, 7) is 16.6. The lowest BCUT2D eigenvalue weighted by Crippen LogP contribution is -2.62. The molecule has 129 heavy (non-hydrogen) atoms. The van der Waals surface area contributed by atoms with Crippen LogP contribution in [0.1, 0.15) is 176 Å². The number of aromatic amines is 2. The van der Waals surface area contributed by atoms with E-state index in [0.717, 1.165) is 4.90 Å². The Morgan fingerprint density at radius 1 is 0.481 bits per heavy atom. The van der Waals surface area contributed by atoms with Gasteiger partial charge in [-0.05, 0) is 156 Å². The van der Waals surface area contributed by atoms with Gasteiger partial charge in [0.2, 0.25) is 76.8 Å². The van der Waals surface area contributed by atoms with E-state index in [1.807, 2.05) is 0 Å². The van der Waals surface area contributed by atoms with Crippen LogP contribution in [0.3, 0.4) is 0 Å². The van der Waals surface area contributed by atoms with Gasteiger partial charge in [0.25, 0.3) is 0 Å². The quantitative estimate of drug-likeness (QED) is 0.0137. The fourth-order valence-electron chi connectivity index (χ4n) is 15.0. The number of carbonyl (C=O) groups is 16. The number of carboxylic acid groups (broad SMARTS) is 3. The highest BCUT2D eigenvalue weighted by Gasteiger charge is 2.43. The van der Waals surface area contributed by atoms with Gasteiger partial charge in [-0.1, -0.05) is 110 Å². The summed E-state index contributed by atoms with van der Waals surface area (Å²) >= 11 is 0. The summed E-state index contributed by atoms with van der Waals surface area (Å²) in [7, 11) is 0. The third kappa shape index (κ3) is 33.4. The number of hydrogen-bond donors (Lipinski definition) is 24. The van der Waals surface area contributed by atoms with Crippen molar-refractivity contribution in [3.63, 3.8) is 0 Å². The Hall–Kier alpha value is -12.8. The third-order valence-corrected chi connectivity index (χ3v) is 22.1. The van der Waals surface area contributed by atoms with Crippen molar-refractivity contribution in [3.8, 4) is 5.75 Å². The topological polar surface area (TPSA) is 667 Å². The van der Waals surface area contributed by atoms with E-state index in [2.05, 4.69) is 79.1 Å². The van der Waals surface area contributed by atoms with Crippen molar-refractivity contribution in [2.75, 3.05) is 19.6 Å². The van der Waals surface area contributed by atoms with Crippen molar-refractivity contribution in [1.82, 2.24) is 84.0 Å². The number of aromatic nitrogens is 2. The molecule has 1 aliphatic rings. The van der Waals surface area contributed by atoms with Crippen LogP contribution in [-0.4, -0.2) is 251 Å². The Kier molecular flexibility index (Phi) is 41.7. The summed E-state index contributed by atoms with van der Waals surface area (Å²) in [5, 5.41) is 94.1. The highest BCUT2D eigenvalue weighted by atomic mass is 16.4. The van der Waals surface area contributed by atoms with Crippen LogP contribution in [0.2, 0.25) is 0 Å². The highest BCUT2D eigenvalue weighted by Crippen LogP contribution is 2.26. The molecule has 1 saturated heterocycles. The second-order valence-corrected chi connectivity index (χ2v) is 34.2. The lowest BCUT2D eigenvalue weighted by atomic mass is 9.96. The van der Waals surface area contributed by atoms with Crippen LogP contribution in [0, 0.1) is 29.1 Å². The molecule has 0 unspecified atom stereocenters. The predicted molar refractivity (Wildman–Crippen MR) is 476 cm³/mol. The minimum atomic E-state index is -1.92. The highest BCUT2D eigenvalue weighted by molar-refractivity contribution is 6.02. The van der Waals surface area contributed by atoms with Crippen molar-refractivity contribution in [2.45, 2.75) is 269 Å². The zero-order valence-corrected chi connectivity index (χ0v) is 74.6. The lowest BCUT2D eigenvalue weighted by Gasteiger charge is -2.31. The van der Waals surface area contributed by atoms with Gasteiger partial charge in [-0.3, -0.25) is 77.3 Å². The molecular formula is C88H130N20O21. The fraction of sp³-hybridized carbons (Fsp3) is 0.557. The number of para-hydroxylation sites is 2. The van der Waals surface area contributed by atoms with Crippen LogP contribution < -0.4 is 86.3 Å². The second-order valence-electron chi connectivity index (χ2n) is 34.2.